The minimum absolute atomic E-state index is 0.000126. The Morgan fingerprint density at radius 1 is 1.25 bits per heavy atom. The van der Waals surface area contributed by atoms with Crippen molar-refractivity contribution in [3.8, 4) is 5.75 Å². The lowest BCUT2D eigenvalue weighted by molar-refractivity contribution is -0.150. The van der Waals surface area contributed by atoms with Gasteiger partial charge in [-0.15, -0.1) is 0 Å². The number of amides is 1. The summed E-state index contributed by atoms with van der Waals surface area (Å²) in [5.74, 6) is -0.467. The van der Waals surface area contributed by atoms with Crippen molar-refractivity contribution in [3.05, 3.63) is 29.8 Å². The van der Waals surface area contributed by atoms with E-state index in [1.807, 2.05) is 0 Å². The Hall–Kier alpha value is -2.37. The molecule has 1 aliphatic rings. The lowest BCUT2D eigenvalue weighted by Crippen LogP contribution is -2.44. The maximum atomic E-state index is 12.3. The molecule has 1 N–H and O–H groups in total. The second-order valence-corrected chi connectivity index (χ2v) is 6.08. The van der Waals surface area contributed by atoms with Gasteiger partial charge in [0, 0.05) is 18.0 Å². The third-order valence-electron chi connectivity index (χ3n) is 4.07. The number of benzene rings is 1. The van der Waals surface area contributed by atoms with Crippen LogP contribution in [-0.2, 0) is 9.59 Å². The summed E-state index contributed by atoms with van der Waals surface area (Å²) in [6, 6.07) is 6.13. The summed E-state index contributed by atoms with van der Waals surface area (Å²) in [6.07, 6.45) is 2.53. The van der Waals surface area contributed by atoms with Gasteiger partial charge in [-0.2, -0.15) is 0 Å². The fraction of sp³-hybridized carbons (Fsp3) is 0.500. The molecule has 1 saturated carbocycles. The van der Waals surface area contributed by atoms with Gasteiger partial charge in [-0.3, -0.25) is 9.59 Å². The predicted molar refractivity (Wildman–Crippen MR) is 88.1 cm³/mol. The van der Waals surface area contributed by atoms with Gasteiger partial charge < -0.3 is 14.7 Å². The van der Waals surface area contributed by atoms with Gasteiger partial charge >= 0.3 is 5.97 Å². The van der Waals surface area contributed by atoms with E-state index < -0.39 is 12.0 Å². The molecule has 6 nitrogen and oxygen atoms in total. The van der Waals surface area contributed by atoms with Gasteiger partial charge in [-0.05, 0) is 57.4 Å². The van der Waals surface area contributed by atoms with E-state index in [4.69, 9.17) is 9.84 Å². The number of aliphatic carboxylic acids is 1. The van der Waals surface area contributed by atoms with Crippen molar-refractivity contribution >= 4 is 17.7 Å². The van der Waals surface area contributed by atoms with E-state index >= 15 is 0 Å². The second-order valence-electron chi connectivity index (χ2n) is 6.08. The number of hydrogen-bond acceptors (Lipinski definition) is 4. The SMILES string of the molecule is CC(=O)c1ccc(OCCCC(=O)N(C2CC2)C(C)C(=O)O)cc1. The van der Waals surface area contributed by atoms with Crippen LogP contribution in [0.3, 0.4) is 0 Å². The van der Waals surface area contributed by atoms with Gasteiger partial charge in [-0.1, -0.05) is 0 Å². The van der Waals surface area contributed by atoms with E-state index in [0.717, 1.165) is 12.8 Å². The summed E-state index contributed by atoms with van der Waals surface area (Å²) < 4.78 is 5.56. The normalized spacial score (nSPS) is 14.8. The molecule has 6 heteroatoms. The standard InChI is InChI=1S/C18H23NO5/c1-12(18(22)23)19(15-7-8-15)17(21)4-3-11-24-16-9-5-14(6-10-16)13(2)20/h5-6,9-10,12,15H,3-4,7-8,11H2,1-2H3,(H,22,23). The molecule has 1 atom stereocenters. The van der Waals surface area contributed by atoms with Crippen LogP contribution in [0.5, 0.6) is 5.75 Å². The number of ketones is 1. The molecule has 1 aromatic rings. The highest BCUT2D eigenvalue weighted by Gasteiger charge is 2.37. The first kappa shape index (κ1) is 18.0. The monoisotopic (exact) mass is 333 g/mol. The zero-order valence-electron chi connectivity index (χ0n) is 14.0. The van der Waals surface area contributed by atoms with Crippen molar-refractivity contribution in [3.63, 3.8) is 0 Å². The molecule has 1 amide bonds. The number of nitrogens with zero attached hydrogens (tertiary/aromatic N) is 1. The number of carboxylic acid groups (broad SMARTS) is 1. The van der Waals surface area contributed by atoms with Crippen LogP contribution in [0.1, 0.15) is 49.9 Å². The van der Waals surface area contributed by atoms with Crippen LogP contribution < -0.4 is 4.74 Å². The number of ether oxygens (including phenoxy) is 1. The Balaban J connectivity index is 1.77. The van der Waals surface area contributed by atoms with E-state index in [1.54, 1.807) is 31.2 Å². The number of Topliss-reactive ketones (excluding diaryl/α,β-unsaturated/α-hetero) is 1. The van der Waals surface area contributed by atoms with Crippen LogP contribution >= 0.6 is 0 Å². The van der Waals surface area contributed by atoms with Gasteiger partial charge in [0.1, 0.15) is 11.8 Å². The summed E-state index contributed by atoms with van der Waals surface area (Å²) >= 11 is 0. The van der Waals surface area contributed by atoms with E-state index in [9.17, 15) is 14.4 Å². The number of carbonyl (C=O) groups excluding carboxylic acids is 2. The van der Waals surface area contributed by atoms with Gasteiger partial charge in [0.15, 0.2) is 5.78 Å². The van der Waals surface area contributed by atoms with Crippen molar-refractivity contribution in [2.45, 2.75) is 51.6 Å². The molecular weight excluding hydrogens is 310 g/mol. The van der Waals surface area contributed by atoms with Crippen LogP contribution in [0.15, 0.2) is 24.3 Å². The third-order valence-corrected chi connectivity index (χ3v) is 4.07. The molecule has 0 aromatic heterocycles. The molecule has 0 saturated heterocycles. The first-order chi connectivity index (χ1) is 11.4. The van der Waals surface area contributed by atoms with Gasteiger partial charge in [0.05, 0.1) is 6.61 Å². The molecule has 1 aliphatic carbocycles. The highest BCUT2D eigenvalue weighted by atomic mass is 16.5. The minimum Gasteiger partial charge on any atom is -0.494 e. The van der Waals surface area contributed by atoms with Crippen LogP contribution in [0.25, 0.3) is 0 Å². The molecule has 1 aromatic carbocycles. The van der Waals surface area contributed by atoms with E-state index in [2.05, 4.69) is 0 Å². The number of carbonyl (C=O) groups is 3. The Morgan fingerprint density at radius 3 is 2.38 bits per heavy atom. The smallest absolute Gasteiger partial charge is 0.326 e. The molecule has 130 valence electrons. The van der Waals surface area contributed by atoms with Crippen molar-refractivity contribution in [2.75, 3.05) is 6.61 Å². The van der Waals surface area contributed by atoms with Crippen molar-refractivity contribution in [2.24, 2.45) is 0 Å². The lowest BCUT2D eigenvalue weighted by Gasteiger charge is -2.26. The number of rotatable bonds is 9. The van der Waals surface area contributed by atoms with Crippen LogP contribution in [0.2, 0.25) is 0 Å². The quantitative estimate of drug-likeness (QED) is 0.554. The summed E-state index contributed by atoms with van der Waals surface area (Å²) in [6.45, 7) is 3.42. The summed E-state index contributed by atoms with van der Waals surface area (Å²) in [5.41, 5.74) is 0.625. The van der Waals surface area contributed by atoms with Gasteiger partial charge in [-0.25, -0.2) is 4.79 Å². The first-order valence-corrected chi connectivity index (χ1v) is 8.18. The van der Waals surface area contributed by atoms with Crippen molar-refractivity contribution in [1.29, 1.82) is 0 Å². The zero-order valence-corrected chi connectivity index (χ0v) is 14.0. The molecule has 2 rings (SSSR count). The van der Waals surface area contributed by atoms with Crippen molar-refractivity contribution < 1.29 is 24.2 Å². The Kier molecular flexibility index (Phi) is 5.95. The van der Waals surface area contributed by atoms with Crippen LogP contribution in [0.4, 0.5) is 0 Å². The molecule has 1 unspecified atom stereocenters. The summed E-state index contributed by atoms with van der Waals surface area (Å²) in [5, 5.41) is 9.12. The molecule has 0 radical (unpaired) electrons. The summed E-state index contributed by atoms with van der Waals surface area (Å²) in [4.78, 5) is 36.1. The molecule has 24 heavy (non-hydrogen) atoms. The maximum Gasteiger partial charge on any atom is 0.326 e. The fourth-order valence-corrected chi connectivity index (χ4v) is 2.54. The van der Waals surface area contributed by atoms with Crippen molar-refractivity contribution in [1.82, 2.24) is 4.90 Å². The molecule has 0 spiro atoms. The Bertz CT molecular complexity index is 606. The van der Waals surface area contributed by atoms with E-state index in [-0.39, 0.29) is 24.2 Å². The Morgan fingerprint density at radius 2 is 1.88 bits per heavy atom. The molecule has 0 bridgehead atoms. The summed E-state index contributed by atoms with van der Waals surface area (Å²) in [7, 11) is 0. The largest absolute Gasteiger partial charge is 0.494 e. The third kappa shape index (κ3) is 4.81. The molecule has 0 heterocycles. The number of carboxylic acids is 1. The fourth-order valence-electron chi connectivity index (χ4n) is 2.54. The average Bonchev–Trinajstić information content (AvgIpc) is 3.36. The lowest BCUT2D eigenvalue weighted by atomic mass is 10.1. The second kappa shape index (κ2) is 7.95. The molecule has 0 aliphatic heterocycles. The highest BCUT2D eigenvalue weighted by Crippen LogP contribution is 2.29. The number of hydrogen-bond donors (Lipinski definition) is 1. The first-order valence-electron chi connectivity index (χ1n) is 8.18. The predicted octanol–water partition coefficient (Wildman–Crippen LogP) is 2.51. The van der Waals surface area contributed by atoms with Gasteiger partial charge in [0.25, 0.3) is 0 Å². The average molecular weight is 333 g/mol. The van der Waals surface area contributed by atoms with E-state index in [1.165, 1.54) is 11.8 Å². The molecular formula is C18H23NO5. The zero-order chi connectivity index (χ0) is 17.7. The van der Waals surface area contributed by atoms with Crippen LogP contribution in [0, 0.1) is 0 Å². The highest BCUT2D eigenvalue weighted by molar-refractivity contribution is 5.94. The molecule has 1 fully saturated rings. The maximum absolute atomic E-state index is 12.3. The van der Waals surface area contributed by atoms with Crippen LogP contribution in [-0.4, -0.2) is 46.4 Å². The van der Waals surface area contributed by atoms with Gasteiger partial charge in [0.2, 0.25) is 5.91 Å². The Labute approximate surface area is 141 Å². The minimum atomic E-state index is -0.975. The topological polar surface area (TPSA) is 83.9 Å². The van der Waals surface area contributed by atoms with E-state index in [0.29, 0.717) is 24.3 Å².